The van der Waals surface area contributed by atoms with E-state index in [1.165, 1.54) is 0 Å². The molecule has 4 heterocycles. The van der Waals surface area contributed by atoms with Crippen LogP contribution in [0.5, 0.6) is 0 Å². The highest BCUT2D eigenvalue weighted by molar-refractivity contribution is 6.32. The third-order valence-electron chi connectivity index (χ3n) is 4.96. The Bertz CT molecular complexity index is 1100. The van der Waals surface area contributed by atoms with Crippen LogP contribution in [0.15, 0.2) is 61.2 Å². The zero-order chi connectivity index (χ0) is 18.9. The van der Waals surface area contributed by atoms with Crippen LogP contribution in [0.2, 0.25) is 5.02 Å². The second-order valence-corrected chi connectivity index (χ2v) is 7.02. The number of anilines is 2. The van der Waals surface area contributed by atoms with Crippen LogP contribution in [0.25, 0.3) is 16.7 Å². The molecule has 0 bridgehead atoms. The normalized spacial score (nSPS) is 14.6. The summed E-state index contributed by atoms with van der Waals surface area (Å²) in [5.74, 6) is 1.76. The number of halogens is 1. The van der Waals surface area contributed by atoms with Crippen LogP contribution in [-0.4, -0.2) is 50.9 Å². The fraction of sp³-hybridized carbons (Fsp3) is 0.200. The van der Waals surface area contributed by atoms with Crippen molar-refractivity contribution in [2.45, 2.75) is 0 Å². The van der Waals surface area contributed by atoms with Crippen molar-refractivity contribution in [3.63, 3.8) is 0 Å². The van der Waals surface area contributed by atoms with Gasteiger partial charge in [0.15, 0.2) is 5.65 Å². The number of piperazine rings is 1. The molecule has 8 heteroatoms. The van der Waals surface area contributed by atoms with Gasteiger partial charge in [0, 0.05) is 32.4 Å². The summed E-state index contributed by atoms with van der Waals surface area (Å²) in [6.45, 7) is 3.31. The second kappa shape index (κ2) is 7.09. The number of rotatable bonds is 3. The molecule has 0 N–H and O–H groups in total. The van der Waals surface area contributed by atoms with Gasteiger partial charge in [0.05, 0.1) is 22.3 Å². The van der Waals surface area contributed by atoms with E-state index in [1.54, 1.807) is 12.5 Å². The van der Waals surface area contributed by atoms with E-state index in [0.29, 0.717) is 5.02 Å². The van der Waals surface area contributed by atoms with Gasteiger partial charge < -0.3 is 9.80 Å². The maximum absolute atomic E-state index is 6.30. The van der Waals surface area contributed by atoms with Gasteiger partial charge in [-0.15, -0.1) is 0 Å². The highest BCUT2D eigenvalue weighted by Gasteiger charge is 2.23. The van der Waals surface area contributed by atoms with E-state index in [4.69, 9.17) is 11.6 Å². The number of aromatic nitrogens is 5. The summed E-state index contributed by atoms with van der Waals surface area (Å²) in [5.41, 5.74) is 1.79. The molecule has 7 nitrogen and oxygen atoms in total. The Morgan fingerprint density at radius 3 is 2.29 bits per heavy atom. The van der Waals surface area contributed by atoms with Gasteiger partial charge in [-0.2, -0.15) is 5.10 Å². The molecule has 4 aromatic rings. The Kier molecular flexibility index (Phi) is 4.29. The van der Waals surface area contributed by atoms with Crippen molar-refractivity contribution in [1.29, 1.82) is 0 Å². The smallest absolute Gasteiger partial charge is 0.168 e. The molecule has 1 fully saturated rings. The molecule has 1 aliphatic rings. The predicted molar refractivity (Wildman–Crippen MR) is 110 cm³/mol. The summed E-state index contributed by atoms with van der Waals surface area (Å²) < 4.78 is 1.85. The van der Waals surface area contributed by atoms with Crippen LogP contribution in [0.1, 0.15) is 0 Å². The average molecular weight is 392 g/mol. The minimum Gasteiger partial charge on any atom is -0.352 e. The first-order valence-corrected chi connectivity index (χ1v) is 9.53. The summed E-state index contributed by atoms with van der Waals surface area (Å²) >= 11 is 6.30. The molecule has 1 aromatic carbocycles. The van der Waals surface area contributed by atoms with Crippen LogP contribution < -0.4 is 9.80 Å². The summed E-state index contributed by atoms with van der Waals surface area (Å²) in [6, 6.07) is 13.7. The van der Waals surface area contributed by atoms with Gasteiger partial charge in [-0.25, -0.2) is 19.6 Å². The van der Waals surface area contributed by atoms with Crippen molar-refractivity contribution in [3.05, 3.63) is 66.2 Å². The molecule has 1 aliphatic heterocycles. The summed E-state index contributed by atoms with van der Waals surface area (Å²) in [4.78, 5) is 17.9. The van der Waals surface area contributed by atoms with Crippen LogP contribution >= 0.6 is 11.6 Å². The minimum absolute atomic E-state index is 0.685. The van der Waals surface area contributed by atoms with Crippen molar-refractivity contribution < 1.29 is 0 Å². The zero-order valence-corrected chi connectivity index (χ0v) is 15.9. The van der Waals surface area contributed by atoms with E-state index in [1.807, 2.05) is 53.3 Å². The van der Waals surface area contributed by atoms with Crippen LogP contribution in [0.4, 0.5) is 11.6 Å². The first-order chi connectivity index (χ1) is 13.8. The van der Waals surface area contributed by atoms with Crippen LogP contribution in [0.3, 0.4) is 0 Å². The number of hydrogen-bond acceptors (Lipinski definition) is 6. The summed E-state index contributed by atoms with van der Waals surface area (Å²) in [5, 5.41) is 6.18. The van der Waals surface area contributed by atoms with E-state index in [2.05, 4.69) is 29.9 Å². The highest BCUT2D eigenvalue weighted by Crippen LogP contribution is 2.28. The molecule has 0 radical (unpaired) electrons. The molecule has 0 saturated carbocycles. The summed E-state index contributed by atoms with van der Waals surface area (Å²) in [6.07, 6.45) is 5.24. The van der Waals surface area contributed by atoms with Crippen LogP contribution in [-0.2, 0) is 0 Å². The van der Waals surface area contributed by atoms with Gasteiger partial charge in [-0.05, 0) is 24.3 Å². The predicted octanol–water partition coefficient (Wildman–Crippen LogP) is 3.19. The molecule has 0 atom stereocenters. The first-order valence-electron chi connectivity index (χ1n) is 9.16. The van der Waals surface area contributed by atoms with Crippen molar-refractivity contribution in [3.8, 4) is 5.69 Å². The summed E-state index contributed by atoms with van der Waals surface area (Å²) in [7, 11) is 0. The molecule has 5 rings (SSSR count). The quantitative estimate of drug-likeness (QED) is 0.534. The lowest BCUT2D eigenvalue weighted by atomic mass is 10.2. The van der Waals surface area contributed by atoms with Gasteiger partial charge in [0.25, 0.3) is 0 Å². The maximum Gasteiger partial charge on any atom is 0.168 e. The van der Waals surface area contributed by atoms with Crippen molar-refractivity contribution in [2.75, 3.05) is 36.0 Å². The number of fused-ring (bicyclic) bond motifs is 1. The lowest BCUT2D eigenvalue weighted by Gasteiger charge is -2.36. The van der Waals surface area contributed by atoms with E-state index < -0.39 is 0 Å². The molecule has 0 spiro atoms. The molecule has 28 heavy (non-hydrogen) atoms. The molecule has 140 valence electrons. The highest BCUT2D eigenvalue weighted by atomic mass is 35.5. The third kappa shape index (κ3) is 2.93. The molecular weight excluding hydrogens is 374 g/mol. The SMILES string of the molecule is Clc1cccnc1N1CCN(c2ncnc3c2cnn3-c2ccccc2)CC1. The van der Waals surface area contributed by atoms with Crippen LogP contribution in [0, 0.1) is 0 Å². The van der Waals surface area contributed by atoms with Gasteiger partial charge in [0.1, 0.15) is 18.0 Å². The Labute approximate surface area is 167 Å². The van der Waals surface area contributed by atoms with E-state index in [0.717, 1.165) is 54.5 Å². The Hall–Kier alpha value is -3.19. The van der Waals surface area contributed by atoms with Crippen molar-refractivity contribution >= 4 is 34.3 Å². The van der Waals surface area contributed by atoms with Crippen molar-refractivity contribution in [2.24, 2.45) is 0 Å². The maximum atomic E-state index is 6.30. The Balaban J connectivity index is 1.42. The number of benzene rings is 1. The standard InChI is InChI=1S/C20H18ClN7/c21-17-7-4-8-22-20(17)27-11-9-26(10-12-27)18-16-13-25-28(19(16)24-14-23-18)15-5-2-1-3-6-15/h1-8,13-14H,9-12H2. The Morgan fingerprint density at radius 1 is 0.786 bits per heavy atom. The number of nitrogens with zero attached hydrogens (tertiary/aromatic N) is 7. The minimum atomic E-state index is 0.685. The fourth-order valence-corrected chi connectivity index (χ4v) is 3.82. The van der Waals surface area contributed by atoms with E-state index >= 15 is 0 Å². The van der Waals surface area contributed by atoms with E-state index in [9.17, 15) is 0 Å². The molecule has 0 aliphatic carbocycles. The lowest BCUT2D eigenvalue weighted by molar-refractivity contribution is 0.643. The van der Waals surface area contributed by atoms with Gasteiger partial charge >= 0.3 is 0 Å². The topological polar surface area (TPSA) is 63.0 Å². The monoisotopic (exact) mass is 391 g/mol. The van der Waals surface area contributed by atoms with Gasteiger partial charge in [-0.1, -0.05) is 29.8 Å². The molecular formula is C20H18ClN7. The van der Waals surface area contributed by atoms with Gasteiger partial charge in [0.2, 0.25) is 0 Å². The molecule has 3 aromatic heterocycles. The largest absolute Gasteiger partial charge is 0.352 e. The zero-order valence-electron chi connectivity index (χ0n) is 15.1. The molecule has 0 amide bonds. The number of pyridine rings is 1. The second-order valence-electron chi connectivity index (χ2n) is 6.61. The molecule has 0 unspecified atom stereocenters. The lowest BCUT2D eigenvalue weighted by Crippen LogP contribution is -2.47. The van der Waals surface area contributed by atoms with Gasteiger partial charge in [-0.3, -0.25) is 0 Å². The average Bonchev–Trinajstić information content (AvgIpc) is 3.19. The first kappa shape index (κ1) is 16.9. The third-order valence-corrected chi connectivity index (χ3v) is 5.26. The van der Waals surface area contributed by atoms with Crippen molar-refractivity contribution in [1.82, 2.24) is 24.7 Å². The fourth-order valence-electron chi connectivity index (χ4n) is 3.58. The Morgan fingerprint density at radius 2 is 1.54 bits per heavy atom. The number of hydrogen-bond donors (Lipinski definition) is 0. The number of para-hydroxylation sites is 1. The molecule has 1 saturated heterocycles. The van der Waals surface area contributed by atoms with E-state index in [-0.39, 0.29) is 0 Å².